The van der Waals surface area contributed by atoms with Crippen molar-refractivity contribution in [3.8, 4) is 5.75 Å². The first-order valence-electron chi connectivity index (χ1n) is 4.26. The Morgan fingerprint density at radius 1 is 1.06 bits per heavy atom. The summed E-state index contributed by atoms with van der Waals surface area (Å²) >= 11 is 10.8. The van der Waals surface area contributed by atoms with Crippen LogP contribution < -0.4 is 4.74 Å². The quantitative estimate of drug-likeness (QED) is 0.724. The smallest absolute Gasteiger partial charge is 0.428 e. The second-order valence-electron chi connectivity index (χ2n) is 3.14. The van der Waals surface area contributed by atoms with Gasteiger partial charge in [-0.05, 0) is 12.1 Å². The van der Waals surface area contributed by atoms with E-state index >= 15 is 0 Å². The summed E-state index contributed by atoms with van der Waals surface area (Å²) in [5, 5.41) is -0.527. The van der Waals surface area contributed by atoms with Crippen molar-refractivity contribution in [1.82, 2.24) is 0 Å². The molecule has 0 saturated carbocycles. The summed E-state index contributed by atoms with van der Waals surface area (Å²) in [6, 6.07) is 2.97. The van der Waals surface area contributed by atoms with E-state index in [2.05, 4.69) is 4.74 Å². The molecule has 102 valence electrons. The van der Waals surface area contributed by atoms with Gasteiger partial charge in [-0.3, -0.25) is 0 Å². The highest BCUT2D eigenvalue weighted by molar-refractivity contribution is 6.34. The van der Waals surface area contributed by atoms with E-state index in [1.807, 2.05) is 0 Å². The highest BCUT2D eigenvalue weighted by Gasteiger charge is 2.59. The van der Waals surface area contributed by atoms with E-state index in [1.54, 1.807) is 0 Å². The maximum atomic E-state index is 12.9. The van der Waals surface area contributed by atoms with E-state index in [4.69, 9.17) is 23.2 Å². The largest absolute Gasteiger partial charge is 0.439 e. The van der Waals surface area contributed by atoms with Gasteiger partial charge >= 0.3 is 12.3 Å². The molecule has 0 radical (unpaired) electrons. The lowest BCUT2D eigenvalue weighted by Crippen LogP contribution is -2.45. The van der Waals surface area contributed by atoms with Crippen molar-refractivity contribution >= 4 is 23.2 Å². The minimum absolute atomic E-state index is 0.104. The number of rotatable bonds is 3. The molecule has 0 heterocycles. The Labute approximate surface area is 107 Å². The molecule has 9 heteroatoms. The normalized spacial score (nSPS) is 14.4. The first kappa shape index (κ1) is 15.2. The fraction of sp³-hybridized carbons (Fsp3) is 0.333. The molecule has 0 aliphatic heterocycles. The zero-order valence-corrected chi connectivity index (χ0v) is 9.75. The molecule has 1 nitrogen and oxygen atoms in total. The van der Waals surface area contributed by atoms with E-state index in [0.717, 1.165) is 12.1 Å². The van der Waals surface area contributed by atoms with Crippen LogP contribution in [0.15, 0.2) is 18.2 Å². The molecule has 0 fully saturated rings. The molecule has 1 aromatic carbocycles. The van der Waals surface area contributed by atoms with Gasteiger partial charge in [0.1, 0.15) is 5.75 Å². The first-order chi connectivity index (χ1) is 8.04. The highest BCUT2D eigenvalue weighted by Crippen LogP contribution is 2.39. The number of ether oxygens (including phenoxy) is 1. The Morgan fingerprint density at radius 2 is 1.61 bits per heavy atom. The van der Waals surface area contributed by atoms with Gasteiger partial charge in [-0.2, -0.15) is 22.0 Å². The van der Waals surface area contributed by atoms with Crippen molar-refractivity contribution in [2.75, 3.05) is 0 Å². The zero-order valence-electron chi connectivity index (χ0n) is 8.24. The van der Waals surface area contributed by atoms with Gasteiger partial charge in [0.25, 0.3) is 6.17 Å². The van der Waals surface area contributed by atoms with Gasteiger partial charge in [0.05, 0.1) is 5.02 Å². The maximum Gasteiger partial charge on any atom is 0.439 e. The summed E-state index contributed by atoms with van der Waals surface area (Å²) in [7, 11) is 0. The standard InChI is InChI=1S/C9H4Cl2F6O/c10-4-1-2-5(11)6(3-4)18-9(16,17)7(12)8(13,14)15/h1-3,7H/t7-/m0/s1. The molecule has 0 aliphatic rings. The topological polar surface area (TPSA) is 9.23 Å². The second-order valence-corrected chi connectivity index (χ2v) is 3.99. The van der Waals surface area contributed by atoms with E-state index in [-0.39, 0.29) is 5.02 Å². The van der Waals surface area contributed by atoms with Crippen LogP contribution in [0.2, 0.25) is 10.0 Å². The number of alkyl halides is 6. The van der Waals surface area contributed by atoms with E-state index in [0.29, 0.717) is 0 Å². The number of halogens is 8. The fourth-order valence-electron chi connectivity index (χ4n) is 0.944. The average Bonchev–Trinajstić information content (AvgIpc) is 2.20. The number of hydrogen-bond donors (Lipinski definition) is 0. The van der Waals surface area contributed by atoms with Crippen molar-refractivity contribution in [3.05, 3.63) is 28.2 Å². The summed E-state index contributed by atoms with van der Waals surface area (Å²) < 4.78 is 77.5. The Balaban J connectivity index is 2.98. The molecule has 0 aliphatic carbocycles. The Kier molecular flexibility index (Phi) is 4.27. The van der Waals surface area contributed by atoms with E-state index in [9.17, 15) is 26.3 Å². The van der Waals surface area contributed by atoms with Crippen LogP contribution in [0.1, 0.15) is 0 Å². The van der Waals surface area contributed by atoms with Crippen molar-refractivity contribution < 1.29 is 31.1 Å². The van der Waals surface area contributed by atoms with Gasteiger partial charge in [-0.1, -0.05) is 23.2 Å². The van der Waals surface area contributed by atoms with Gasteiger partial charge in [0, 0.05) is 11.1 Å². The summed E-state index contributed by atoms with van der Waals surface area (Å²) in [6.45, 7) is 0. The Bertz CT molecular complexity index is 434. The van der Waals surface area contributed by atoms with Crippen LogP contribution in [0.5, 0.6) is 5.75 Å². The lowest BCUT2D eigenvalue weighted by Gasteiger charge is -2.23. The predicted molar refractivity (Wildman–Crippen MR) is 53.0 cm³/mol. The molecular formula is C9H4Cl2F6O. The third-order valence-electron chi connectivity index (χ3n) is 1.72. The maximum absolute atomic E-state index is 12.9. The second kappa shape index (κ2) is 5.05. The van der Waals surface area contributed by atoms with Crippen molar-refractivity contribution in [1.29, 1.82) is 0 Å². The molecule has 1 atom stereocenters. The SMILES string of the molecule is F[C@@H](C(F)(F)F)C(F)(F)Oc1cc(Cl)ccc1Cl. The summed E-state index contributed by atoms with van der Waals surface area (Å²) in [4.78, 5) is 0. The molecular weight excluding hydrogens is 309 g/mol. The lowest BCUT2D eigenvalue weighted by molar-refractivity contribution is -0.304. The summed E-state index contributed by atoms with van der Waals surface area (Å²) in [5.74, 6) is -0.846. The molecule has 0 N–H and O–H groups in total. The molecule has 0 amide bonds. The molecule has 0 spiro atoms. The third kappa shape index (κ3) is 3.58. The summed E-state index contributed by atoms with van der Waals surface area (Å²) in [6.07, 6.45) is -15.3. The molecule has 0 bridgehead atoms. The van der Waals surface area contributed by atoms with Gasteiger partial charge < -0.3 is 4.74 Å². The number of hydrogen-bond acceptors (Lipinski definition) is 1. The predicted octanol–water partition coefficient (Wildman–Crippen LogP) is 4.87. The molecule has 0 unspecified atom stereocenters. The van der Waals surface area contributed by atoms with Crippen LogP contribution in [0.25, 0.3) is 0 Å². The molecule has 0 aromatic heterocycles. The number of benzene rings is 1. The van der Waals surface area contributed by atoms with Crippen LogP contribution >= 0.6 is 23.2 Å². The minimum Gasteiger partial charge on any atom is -0.428 e. The first-order valence-corrected chi connectivity index (χ1v) is 5.02. The molecule has 18 heavy (non-hydrogen) atoms. The molecule has 0 saturated heterocycles. The lowest BCUT2D eigenvalue weighted by atomic mass is 10.3. The van der Waals surface area contributed by atoms with Crippen LogP contribution in [0.4, 0.5) is 26.3 Å². The monoisotopic (exact) mass is 312 g/mol. The van der Waals surface area contributed by atoms with Crippen molar-refractivity contribution in [2.24, 2.45) is 0 Å². The van der Waals surface area contributed by atoms with Crippen LogP contribution in [0, 0.1) is 0 Å². The average molecular weight is 313 g/mol. The van der Waals surface area contributed by atoms with Crippen molar-refractivity contribution in [3.63, 3.8) is 0 Å². The Morgan fingerprint density at radius 3 is 2.11 bits per heavy atom. The highest BCUT2D eigenvalue weighted by atomic mass is 35.5. The van der Waals surface area contributed by atoms with E-state index in [1.165, 1.54) is 6.07 Å². The van der Waals surface area contributed by atoms with Crippen molar-refractivity contribution in [2.45, 2.75) is 18.5 Å². The third-order valence-corrected chi connectivity index (χ3v) is 2.27. The van der Waals surface area contributed by atoms with Gasteiger partial charge in [-0.15, -0.1) is 0 Å². The van der Waals surface area contributed by atoms with Gasteiger partial charge in [0.2, 0.25) is 0 Å². The summed E-state index contributed by atoms with van der Waals surface area (Å²) in [5.41, 5.74) is 0. The minimum atomic E-state index is -5.76. The van der Waals surface area contributed by atoms with Crippen LogP contribution in [0.3, 0.4) is 0 Å². The Hall–Kier alpha value is -0.820. The van der Waals surface area contributed by atoms with Gasteiger partial charge in [0.15, 0.2) is 0 Å². The van der Waals surface area contributed by atoms with Crippen LogP contribution in [-0.4, -0.2) is 18.5 Å². The van der Waals surface area contributed by atoms with Crippen LogP contribution in [-0.2, 0) is 0 Å². The van der Waals surface area contributed by atoms with Gasteiger partial charge in [-0.25, -0.2) is 4.39 Å². The van der Waals surface area contributed by atoms with E-state index < -0.39 is 29.2 Å². The molecule has 1 rings (SSSR count). The zero-order chi connectivity index (χ0) is 14.1. The fourth-order valence-corrected chi connectivity index (χ4v) is 1.26. The molecule has 1 aromatic rings.